The summed E-state index contributed by atoms with van der Waals surface area (Å²) >= 11 is 0. The number of aryl methyl sites for hydroxylation is 1. The van der Waals surface area contributed by atoms with E-state index in [2.05, 4.69) is 30.7 Å². The number of nitrogens with zero attached hydrogens (tertiary/aromatic N) is 5. The van der Waals surface area contributed by atoms with Crippen molar-refractivity contribution >= 4 is 17.5 Å². The van der Waals surface area contributed by atoms with Gasteiger partial charge in [-0.05, 0) is 24.1 Å². The van der Waals surface area contributed by atoms with Gasteiger partial charge in [-0.3, -0.25) is 4.98 Å². The van der Waals surface area contributed by atoms with Crippen molar-refractivity contribution in [3.63, 3.8) is 0 Å². The minimum absolute atomic E-state index is 0.149. The van der Waals surface area contributed by atoms with E-state index in [-0.39, 0.29) is 13.2 Å². The molecule has 0 amide bonds. The average Bonchev–Trinajstić information content (AvgIpc) is 3.25. The first kappa shape index (κ1) is 20.7. The molecule has 0 saturated heterocycles. The highest BCUT2D eigenvalue weighted by molar-refractivity contribution is 5.59. The predicted octanol–water partition coefficient (Wildman–Crippen LogP) is 2.13. The standard InChI is InChI=1S/C22H25N7O2/c1-2-16-12-26-29-20(16)27-21(24-13-18(31)14-30)28-22(29)25-11-15-6-8-17(9-7-15)19-5-3-4-10-23-19/h3-10,12,18,30-31H,2,11,13-14H2,1H3,(H2,24,25,27,28)/t18-/m0/s1. The van der Waals surface area contributed by atoms with Crippen LogP contribution in [0.2, 0.25) is 0 Å². The second kappa shape index (κ2) is 9.50. The number of benzene rings is 1. The Balaban J connectivity index is 1.53. The van der Waals surface area contributed by atoms with E-state index >= 15 is 0 Å². The van der Waals surface area contributed by atoms with E-state index in [1.165, 1.54) is 0 Å². The third-order valence-electron chi connectivity index (χ3n) is 4.89. The molecular formula is C22H25N7O2. The molecular weight excluding hydrogens is 394 g/mol. The zero-order chi connectivity index (χ0) is 21.6. The SMILES string of the molecule is CCc1cnn2c(NCc3ccc(-c4ccccn4)cc3)nc(NC[C@H](O)CO)nc12. The number of anilines is 2. The number of fused-ring (bicyclic) bond motifs is 1. The van der Waals surface area contributed by atoms with Gasteiger partial charge in [0.2, 0.25) is 11.9 Å². The minimum Gasteiger partial charge on any atom is -0.394 e. The summed E-state index contributed by atoms with van der Waals surface area (Å²) in [5, 5.41) is 29.4. The van der Waals surface area contributed by atoms with Gasteiger partial charge < -0.3 is 20.8 Å². The Bertz CT molecular complexity index is 1130. The van der Waals surface area contributed by atoms with Crippen molar-refractivity contribution in [1.29, 1.82) is 0 Å². The Morgan fingerprint density at radius 3 is 2.61 bits per heavy atom. The van der Waals surface area contributed by atoms with Gasteiger partial charge in [0, 0.05) is 30.4 Å². The van der Waals surface area contributed by atoms with E-state index in [4.69, 9.17) is 5.11 Å². The van der Waals surface area contributed by atoms with Gasteiger partial charge in [-0.15, -0.1) is 0 Å². The summed E-state index contributed by atoms with van der Waals surface area (Å²) in [6, 6.07) is 14.0. The van der Waals surface area contributed by atoms with Crippen LogP contribution in [0.5, 0.6) is 0 Å². The molecule has 4 N–H and O–H groups in total. The monoisotopic (exact) mass is 419 g/mol. The molecule has 3 aromatic heterocycles. The molecule has 0 radical (unpaired) electrons. The van der Waals surface area contributed by atoms with Crippen LogP contribution in [-0.2, 0) is 13.0 Å². The van der Waals surface area contributed by atoms with E-state index < -0.39 is 6.10 Å². The highest BCUT2D eigenvalue weighted by Crippen LogP contribution is 2.19. The molecule has 4 rings (SSSR count). The van der Waals surface area contributed by atoms with Crippen molar-refractivity contribution in [2.24, 2.45) is 0 Å². The maximum atomic E-state index is 9.61. The number of aliphatic hydroxyl groups excluding tert-OH is 2. The molecule has 0 saturated carbocycles. The molecule has 160 valence electrons. The summed E-state index contributed by atoms with van der Waals surface area (Å²) in [7, 11) is 0. The molecule has 3 heterocycles. The molecule has 0 aliphatic carbocycles. The topological polar surface area (TPSA) is 120 Å². The third-order valence-corrected chi connectivity index (χ3v) is 4.89. The van der Waals surface area contributed by atoms with Crippen LogP contribution in [0.15, 0.2) is 54.9 Å². The number of nitrogens with one attached hydrogen (secondary N) is 2. The van der Waals surface area contributed by atoms with E-state index in [0.717, 1.165) is 28.8 Å². The van der Waals surface area contributed by atoms with Crippen molar-refractivity contribution in [3.05, 3.63) is 66.0 Å². The van der Waals surface area contributed by atoms with Crippen LogP contribution in [0.1, 0.15) is 18.1 Å². The maximum Gasteiger partial charge on any atom is 0.229 e. The molecule has 1 atom stereocenters. The normalized spacial score (nSPS) is 12.1. The molecule has 0 aliphatic rings. The fourth-order valence-corrected chi connectivity index (χ4v) is 3.15. The van der Waals surface area contributed by atoms with Crippen LogP contribution in [0.25, 0.3) is 16.9 Å². The number of rotatable bonds is 9. The van der Waals surface area contributed by atoms with Crippen LogP contribution in [0, 0.1) is 0 Å². The Kier molecular flexibility index (Phi) is 6.34. The molecule has 4 aromatic rings. The summed E-state index contributed by atoms with van der Waals surface area (Å²) < 4.78 is 1.68. The fraction of sp³-hybridized carbons (Fsp3) is 0.273. The molecule has 0 aliphatic heterocycles. The molecule has 9 heteroatoms. The van der Waals surface area contributed by atoms with Gasteiger partial charge in [0.15, 0.2) is 5.65 Å². The third kappa shape index (κ3) is 4.79. The van der Waals surface area contributed by atoms with Crippen LogP contribution >= 0.6 is 0 Å². The van der Waals surface area contributed by atoms with Crippen molar-refractivity contribution in [2.45, 2.75) is 26.0 Å². The predicted molar refractivity (Wildman–Crippen MR) is 119 cm³/mol. The zero-order valence-electron chi connectivity index (χ0n) is 17.2. The lowest BCUT2D eigenvalue weighted by Crippen LogP contribution is -2.24. The lowest BCUT2D eigenvalue weighted by atomic mass is 10.1. The molecule has 9 nitrogen and oxygen atoms in total. The van der Waals surface area contributed by atoms with Crippen molar-refractivity contribution < 1.29 is 10.2 Å². The van der Waals surface area contributed by atoms with Crippen LogP contribution in [0.4, 0.5) is 11.9 Å². The second-order valence-electron chi connectivity index (χ2n) is 7.11. The summed E-state index contributed by atoms with van der Waals surface area (Å²) in [5.41, 5.74) is 4.77. The minimum atomic E-state index is -0.885. The Hall–Kier alpha value is -3.56. The quantitative estimate of drug-likeness (QED) is 0.326. The summed E-state index contributed by atoms with van der Waals surface area (Å²) in [5.74, 6) is 0.905. The Labute approximate surface area is 179 Å². The molecule has 0 bridgehead atoms. The summed E-state index contributed by atoms with van der Waals surface area (Å²) in [6.45, 7) is 2.41. The van der Waals surface area contributed by atoms with E-state index in [1.54, 1.807) is 16.9 Å². The molecule has 0 fully saturated rings. The van der Waals surface area contributed by atoms with Crippen LogP contribution in [-0.4, -0.2) is 54.0 Å². The Morgan fingerprint density at radius 1 is 1.06 bits per heavy atom. The van der Waals surface area contributed by atoms with E-state index in [1.807, 2.05) is 49.4 Å². The van der Waals surface area contributed by atoms with Crippen LogP contribution < -0.4 is 10.6 Å². The van der Waals surface area contributed by atoms with Gasteiger partial charge in [0.1, 0.15) is 0 Å². The first-order valence-corrected chi connectivity index (χ1v) is 10.2. The van der Waals surface area contributed by atoms with Gasteiger partial charge in [-0.25, -0.2) is 0 Å². The largest absolute Gasteiger partial charge is 0.394 e. The number of hydrogen-bond acceptors (Lipinski definition) is 8. The first-order chi connectivity index (χ1) is 15.2. The fourth-order valence-electron chi connectivity index (χ4n) is 3.15. The van der Waals surface area contributed by atoms with Gasteiger partial charge in [-0.1, -0.05) is 37.3 Å². The van der Waals surface area contributed by atoms with Crippen LogP contribution in [0.3, 0.4) is 0 Å². The lowest BCUT2D eigenvalue weighted by Gasteiger charge is -2.12. The summed E-state index contributed by atoms with van der Waals surface area (Å²) in [4.78, 5) is 13.4. The average molecular weight is 419 g/mol. The number of aromatic nitrogens is 5. The molecule has 31 heavy (non-hydrogen) atoms. The Morgan fingerprint density at radius 2 is 1.90 bits per heavy atom. The van der Waals surface area contributed by atoms with Gasteiger partial charge in [0.25, 0.3) is 0 Å². The van der Waals surface area contributed by atoms with Gasteiger partial charge in [-0.2, -0.15) is 19.6 Å². The van der Waals surface area contributed by atoms with E-state index in [9.17, 15) is 5.11 Å². The molecule has 1 aromatic carbocycles. The van der Waals surface area contributed by atoms with Gasteiger partial charge in [0.05, 0.1) is 24.6 Å². The maximum absolute atomic E-state index is 9.61. The number of pyridine rings is 1. The molecule has 0 unspecified atom stereocenters. The smallest absolute Gasteiger partial charge is 0.229 e. The van der Waals surface area contributed by atoms with E-state index in [0.29, 0.717) is 24.1 Å². The highest BCUT2D eigenvalue weighted by Gasteiger charge is 2.13. The number of hydrogen-bond donors (Lipinski definition) is 4. The lowest BCUT2D eigenvalue weighted by molar-refractivity contribution is 0.105. The van der Waals surface area contributed by atoms with Crippen molar-refractivity contribution in [2.75, 3.05) is 23.8 Å². The van der Waals surface area contributed by atoms with Gasteiger partial charge >= 0.3 is 0 Å². The second-order valence-corrected chi connectivity index (χ2v) is 7.11. The molecule has 0 spiro atoms. The first-order valence-electron chi connectivity index (χ1n) is 10.2. The highest BCUT2D eigenvalue weighted by atomic mass is 16.3. The summed E-state index contributed by atoms with van der Waals surface area (Å²) in [6.07, 6.45) is 3.46. The van der Waals surface area contributed by atoms with Crippen molar-refractivity contribution in [3.8, 4) is 11.3 Å². The zero-order valence-corrected chi connectivity index (χ0v) is 17.2. The van der Waals surface area contributed by atoms with Crippen molar-refractivity contribution in [1.82, 2.24) is 24.6 Å². The number of aliphatic hydroxyl groups is 2.